The summed E-state index contributed by atoms with van der Waals surface area (Å²) in [4.78, 5) is 18.7. The molecule has 0 atom stereocenters. The van der Waals surface area contributed by atoms with Crippen molar-refractivity contribution in [3.8, 4) is 12.3 Å². The summed E-state index contributed by atoms with van der Waals surface area (Å²) in [6, 6.07) is -1.09. The van der Waals surface area contributed by atoms with Crippen LogP contribution in [0.1, 0.15) is 5.48 Å². The summed E-state index contributed by atoms with van der Waals surface area (Å²) in [6.45, 7) is -1.04. The molecule has 0 bridgehead atoms. The SMILES string of the molecule is [2H]C#CC(=O)[O-].[2H]C([2H])=C([2H])C(=O)[O-].[Na+].[Na+]. The van der Waals surface area contributed by atoms with Gasteiger partial charge in [-0.2, -0.15) is 0 Å². The van der Waals surface area contributed by atoms with Crippen molar-refractivity contribution in [1.29, 1.82) is 0 Å². The van der Waals surface area contributed by atoms with Crippen LogP contribution in [0.3, 0.4) is 0 Å². The van der Waals surface area contributed by atoms with Gasteiger partial charge in [-0.1, -0.05) is 12.5 Å². The van der Waals surface area contributed by atoms with Gasteiger partial charge in [-0.15, -0.1) is 6.40 Å². The predicted octanol–water partition coefficient (Wildman–Crippen LogP) is -8.70. The molecule has 0 aromatic carbocycles. The van der Waals surface area contributed by atoms with Gasteiger partial charge in [0.15, 0.2) is 0 Å². The Labute approximate surface area is 120 Å². The van der Waals surface area contributed by atoms with Crippen LogP contribution < -0.4 is 69.3 Å². The van der Waals surface area contributed by atoms with E-state index >= 15 is 0 Å². The van der Waals surface area contributed by atoms with E-state index in [2.05, 4.69) is 0 Å². The Balaban J connectivity index is -0.0000000825. The molecule has 0 fully saturated rings. The summed E-state index contributed by atoms with van der Waals surface area (Å²) < 4.78 is 24.8. The van der Waals surface area contributed by atoms with Crippen molar-refractivity contribution in [2.24, 2.45) is 0 Å². The first kappa shape index (κ1) is 10.3. The molecule has 0 spiro atoms. The Kier molecular flexibility index (Phi) is 14.9. The number of hydrogen-bond acceptors (Lipinski definition) is 4. The fraction of sp³-hybridized carbons (Fsp3) is 0. The fourth-order valence-corrected chi connectivity index (χ4v) is 0. The minimum Gasteiger partial charge on any atom is -0.545 e. The van der Waals surface area contributed by atoms with E-state index in [-0.39, 0.29) is 59.1 Å². The number of carbonyl (C=O) groups is 2. The average molecular weight is 190 g/mol. The number of hydrogen-bond donors (Lipinski definition) is 0. The molecule has 0 saturated carbocycles. The predicted molar refractivity (Wildman–Crippen MR) is 29.0 cm³/mol. The number of rotatable bonds is 1. The average Bonchev–Trinajstić information content (AvgIpc) is 2.03. The standard InChI is InChI=1S/C3H4O2.C3H2O2.2Na/c2*1-2-3(4)5;;/h2H,1H2,(H,4,5);1H,(H,4,5);;/q;;2*+1/p-2/i1D2,2D;1D;;. The zero-order chi connectivity index (χ0) is 11.7. The normalized spacial score (nSPS) is 8.67. The molecular weight excluding hydrogens is 182 g/mol. The van der Waals surface area contributed by atoms with E-state index in [9.17, 15) is 19.8 Å². The Hall–Kier alpha value is 0.240. The van der Waals surface area contributed by atoms with Gasteiger partial charge < -0.3 is 19.8 Å². The van der Waals surface area contributed by atoms with Gasteiger partial charge in [0.2, 0.25) is 0 Å². The van der Waals surface area contributed by atoms with Gasteiger partial charge in [0.25, 0.3) is 0 Å². The van der Waals surface area contributed by atoms with Gasteiger partial charge in [0.1, 0.15) is 7.34 Å². The molecule has 0 aromatic heterocycles. The van der Waals surface area contributed by atoms with Gasteiger partial charge in [0, 0.05) is 0 Å². The van der Waals surface area contributed by atoms with Crippen LogP contribution in [-0.4, -0.2) is 11.9 Å². The molecule has 0 aromatic rings. The van der Waals surface area contributed by atoms with Gasteiger partial charge in [-0.25, -0.2) is 0 Å². The number of aliphatic carboxylic acids is 2. The monoisotopic (exact) mass is 190 g/mol. The Morgan fingerprint density at radius 1 is 1.67 bits per heavy atom. The van der Waals surface area contributed by atoms with Crippen molar-refractivity contribution in [1.82, 2.24) is 0 Å². The van der Waals surface area contributed by atoms with Crippen molar-refractivity contribution in [2.45, 2.75) is 0 Å². The van der Waals surface area contributed by atoms with E-state index in [0.717, 1.165) is 0 Å². The molecule has 0 aliphatic rings. The number of terminal acetylenes is 1. The summed E-state index contributed by atoms with van der Waals surface area (Å²) in [7, 11) is 0. The third-order valence-electron chi connectivity index (χ3n) is 0.204. The van der Waals surface area contributed by atoms with Crippen molar-refractivity contribution in [2.75, 3.05) is 0 Å². The van der Waals surface area contributed by atoms with Crippen LogP contribution in [0.2, 0.25) is 0 Å². The minimum atomic E-state index is -1.79. The maximum Gasteiger partial charge on any atom is 1.00 e. The summed E-state index contributed by atoms with van der Waals surface area (Å²) in [5, 5.41) is 18.7. The molecule has 0 aliphatic carbocycles. The largest absolute Gasteiger partial charge is 1.00 e. The molecule has 0 radical (unpaired) electrons. The Morgan fingerprint density at radius 2 is 2.17 bits per heavy atom. The summed E-state index contributed by atoms with van der Waals surface area (Å²) >= 11 is 0. The second-order valence-electron chi connectivity index (χ2n) is 0.825. The smallest absolute Gasteiger partial charge is 0.545 e. The molecule has 12 heavy (non-hydrogen) atoms. The summed E-state index contributed by atoms with van der Waals surface area (Å²) in [6.07, 6.45) is 1.41. The molecule has 0 N–H and O–H groups in total. The van der Waals surface area contributed by atoms with E-state index < -0.39 is 24.5 Å². The maximum atomic E-state index is 9.54. The van der Waals surface area contributed by atoms with Gasteiger partial charge >= 0.3 is 59.1 Å². The third-order valence-corrected chi connectivity index (χ3v) is 0.204. The zero-order valence-corrected chi connectivity index (χ0v) is 10.6. The topological polar surface area (TPSA) is 80.3 Å². The van der Waals surface area contributed by atoms with Crippen LogP contribution in [0.4, 0.5) is 0 Å². The van der Waals surface area contributed by atoms with Crippen molar-refractivity contribution in [3.63, 3.8) is 0 Å². The van der Waals surface area contributed by atoms with E-state index in [1.165, 1.54) is 12.3 Å². The van der Waals surface area contributed by atoms with E-state index in [1.54, 1.807) is 0 Å². The van der Waals surface area contributed by atoms with Crippen LogP contribution in [0.25, 0.3) is 0 Å². The molecule has 0 rings (SSSR count). The van der Waals surface area contributed by atoms with Crippen LogP contribution in [0, 0.1) is 12.3 Å². The first-order valence-corrected chi connectivity index (χ1v) is 1.82. The van der Waals surface area contributed by atoms with Crippen LogP contribution in [0.5, 0.6) is 0 Å². The van der Waals surface area contributed by atoms with Crippen molar-refractivity contribution in [3.05, 3.63) is 12.6 Å². The second kappa shape index (κ2) is 17.4. The zero-order valence-electron chi connectivity index (χ0n) is 10.6. The Bertz CT molecular complexity index is 316. The molecular formula is C6H4Na2O4. The first-order valence-electron chi connectivity index (χ1n) is 3.82. The van der Waals surface area contributed by atoms with Crippen LogP contribution in [-0.2, 0) is 9.59 Å². The molecule has 0 heterocycles. The van der Waals surface area contributed by atoms with Crippen molar-refractivity contribution >= 4 is 11.9 Å². The molecule has 0 amide bonds. The van der Waals surface area contributed by atoms with E-state index in [1.807, 2.05) is 0 Å². The second-order valence-corrected chi connectivity index (χ2v) is 0.825. The third kappa shape index (κ3) is 48.6. The fourth-order valence-electron chi connectivity index (χ4n) is 0. The number of carboxylic acids is 2. The minimum absolute atomic E-state index is 0. The Morgan fingerprint density at radius 3 is 2.17 bits per heavy atom. The van der Waals surface area contributed by atoms with E-state index in [4.69, 9.17) is 5.48 Å². The maximum absolute atomic E-state index is 9.54. The molecule has 0 saturated heterocycles. The van der Waals surface area contributed by atoms with Crippen LogP contribution in [0.15, 0.2) is 12.6 Å². The molecule has 6 heteroatoms. The molecule has 54 valence electrons. The molecule has 0 unspecified atom stereocenters. The molecule has 4 nitrogen and oxygen atoms in total. The molecule has 0 aliphatic heterocycles. The number of carboxylic acid groups (broad SMARTS) is 2. The first-order chi connectivity index (χ1) is 6.32. The van der Waals surface area contributed by atoms with Gasteiger partial charge in [0.05, 0.1) is 10.1 Å². The number of carbonyl (C=O) groups excluding carboxylic acids is 2. The summed E-state index contributed by atoms with van der Waals surface area (Å²) in [5.74, 6) is -1.87. The van der Waals surface area contributed by atoms with Crippen molar-refractivity contribution < 1.29 is 84.4 Å². The van der Waals surface area contributed by atoms with Crippen LogP contribution >= 0.6 is 0 Å². The van der Waals surface area contributed by atoms with Gasteiger partial charge in [-0.05, 0) is 6.05 Å². The summed E-state index contributed by atoms with van der Waals surface area (Å²) in [5.41, 5.74) is 0. The quantitative estimate of drug-likeness (QED) is 0.233. The van der Waals surface area contributed by atoms with Gasteiger partial charge in [-0.3, -0.25) is 0 Å². The van der Waals surface area contributed by atoms with E-state index in [0.29, 0.717) is 0 Å².